The van der Waals surface area contributed by atoms with Crippen molar-refractivity contribution in [2.45, 2.75) is 24.5 Å². The number of alkyl halides is 3. The van der Waals surface area contributed by atoms with Gasteiger partial charge in [0.2, 0.25) is 5.28 Å². The molecule has 144 valence electrons. The molecule has 10 heteroatoms. The summed E-state index contributed by atoms with van der Waals surface area (Å²) in [4.78, 5) is 12.8. The van der Waals surface area contributed by atoms with Gasteiger partial charge in [0.1, 0.15) is 6.61 Å². The summed E-state index contributed by atoms with van der Waals surface area (Å²) in [5, 5.41) is -3.16. The van der Waals surface area contributed by atoms with Crippen molar-refractivity contribution in [1.29, 1.82) is 0 Å². The first-order valence-corrected chi connectivity index (χ1v) is 9.18. The molecule has 1 aliphatic heterocycles. The molecular formula is C16H19F3NO5P. The molecule has 1 unspecified atom stereocenters. The van der Waals surface area contributed by atoms with Gasteiger partial charge >= 0.3 is 19.9 Å². The Bertz CT molecular complexity index is 702. The third-order valence-electron chi connectivity index (χ3n) is 4.12. The highest BCUT2D eigenvalue weighted by molar-refractivity contribution is 7.55. The smallest absolute Gasteiger partial charge is 0.423 e. The van der Waals surface area contributed by atoms with E-state index in [0.717, 1.165) is 14.2 Å². The molecule has 0 bridgehead atoms. The van der Waals surface area contributed by atoms with Gasteiger partial charge in [0.25, 0.3) is 0 Å². The predicted molar refractivity (Wildman–Crippen MR) is 87.5 cm³/mol. The lowest BCUT2D eigenvalue weighted by molar-refractivity contribution is -0.201. The van der Waals surface area contributed by atoms with Crippen molar-refractivity contribution in [1.82, 2.24) is 4.90 Å². The molecule has 0 saturated heterocycles. The molecule has 26 heavy (non-hydrogen) atoms. The van der Waals surface area contributed by atoms with Crippen molar-refractivity contribution in [2.24, 2.45) is 0 Å². The maximum absolute atomic E-state index is 14.0. The lowest BCUT2D eigenvalue weighted by Gasteiger charge is -2.46. The second-order valence-corrected chi connectivity index (χ2v) is 7.97. The second kappa shape index (κ2) is 7.82. The van der Waals surface area contributed by atoms with Crippen molar-refractivity contribution in [3.8, 4) is 0 Å². The minimum atomic E-state index is -5.08. The molecule has 0 aromatic heterocycles. The summed E-state index contributed by atoms with van der Waals surface area (Å²) in [6.07, 6.45) is -4.55. The Balaban J connectivity index is 2.38. The van der Waals surface area contributed by atoms with E-state index in [1.807, 2.05) is 0 Å². The molecular weight excluding hydrogens is 374 g/mol. The minimum Gasteiger partial charge on any atom is -0.445 e. The van der Waals surface area contributed by atoms with Gasteiger partial charge in [0.15, 0.2) is 0 Å². The van der Waals surface area contributed by atoms with Crippen molar-refractivity contribution in [3.05, 3.63) is 48.0 Å². The quantitative estimate of drug-likeness (QED) is 0.550. The summed E-state index contributed by atoms with van der Waals surface area (Å²) >= 11 is 0. The van der Waals surface area contributed by atoms with Crippen LogP contribution < -0.4 is 0 Å². The fourth-order valence-electron chi connectivity index (χ4n) is 2.77. The van der Waals surface area contributed by atoms with Crippen molar-refractivity contribution in [3.63, 3.8) is 0 Å². The van der Waals surface area contributed by atoms with Crippen LogP contribution in [0.2, 0.25) is 0 Å². The number of hydrogen-bond donors (Lipinski definition) is 0. The molecule has 1 atom stereocenters. The number of rotatable bonds is 5. The van der Waals surface area contributed by atoms with E-state index in [-0.39, 0.29) is 6.61 Å². The van der Waals surface area contributed by atoms with E-state index in [4.69, 9.17) is 4.74 Å². The fourth-order valence-corrected chi connectivity index (χ4v) is 4.62. The highest BCUT2D eigenvalue weighted by Crippen LogP contribution is 2.68. The van der Waals surface area contributed by atoms with E-state index in [1.54, 1.807) is 30.3 Å². The van der Waals surface area contributed by atoms with Gasteiger partial charge in [-0.15, -0.1) is 0 Å². The molecule has 0 saturated carbocycles. The molecule has 1 aromatic carbocycles. The van der Waals surface area contributed by atoms with Gasteiger partial charge in [-0.2, -0.15) is 13.2 Å². The van der Waals surface area contributed by atoms with E-state index in [1.165, 1.54) is 12.2 Å². The van der Waals surface area contributed by atoms with Gasteiger partial charge < -0.3 is 13.8 Å². The SMILES string of the molecule is COP(=O)(OC)C1(C(F)(F)F)CC=CCN1C(=O)OCc1ccccc1. The zero-order chi connectivity index (χ0) is 19.4. The summed E-state index contributed by atoms with van der Waals surface area (Å²) in [7, 11) is -3.06. The molecule has 1 aromatic rings. The van der Waals surface area contributed by atoms with E-state index >= 15 is 0 Å². The van der Waals surface area contributed by atoms with Crippen molar-refractivity contribution < 1.29 is 36.3 Å². The molecule has 1 heterocycles. The first kappa shape index (κ1) is 20.5. The van der Waals surface area contributed by atoms with Crippen LogP contribution in [0.4, 0.5) is 18.0 Å². The van der Waals surface area contributed by atoms with Crippen LogP contribution in [0, 0.1) is 0 Å². The number of halogens is 3. The van der Waals surface area contributed by atoms with Gasteiger partial charge in [0, 0.05) is 27.2 Å². The van der Waals surface area contributed by atoms with Gasteiger partial charge in [-0.05, 0) is 5.56 Å². The topological polar surface area (TPSA) is 65.1 Å². The fraction of sp³-hybridized carbons (Fsp3) is 0.438. The zero-order valence-corrected chi connectivity index (χ0v) is 15.1. The lowest BCUT2D eigenvalue weighted by atomic mass is 10.1. The maximum Gasteiger partial charge on any atom is 0.423 e. The van der Waals surface area contributed by atoms with Crippen molar-refractivity contribution in [2.75, 3.05) is 20.8 Å². The average Bonchev–Trinajstić information content (AvgIpc) is 2.65. The number of carbonyl (C=O) groups excluding carboxylic acids is 1. The zero-order valence-electron chi connectivity index (χ0n) is 14.2. The van der Waals surface area contributed by atoms with Crippen LogP contribution in [0.1, 0.15) is 12.0 Å². The summed E-state index contributed by atoms with van der Waals surface area (Å²) in [5.41, 5.74) is 0.604. The molecule has 2 rings (SSSR count). The standard InChI is InChI=1S/C16H19F3NO5P/c1-23-26(22,24-2)15(16(17,18)19)10-6-7-11-20(15)14(21)25-12-13-8-4-3-5-9-13/h3-9H,10-12H2,1-2H3. The van der Waals surface area contributed by atoms with Crippen LogP contribution >= 0.6 is 7.60 Å². The number of ether oxygens (including phenoxy) is 1. The number of amides is 1. The normalized spacial score (nSPS) is 20.9. The molecule has 0 N–H and O–H groups in total. The van der Waals surface area contributed by atoms with Crippen LogP contribution in [-0.2, 0) is 25.0 Å². The van der Waals surface area contributed by atoms with E-state index in [2.05, 4.69) is 9.05 Å². The molecule has 0 aliphatic carbocycles. The molecule has 0 radical (unpaired) electrons. The number of carbonyl (C=O) groups is 1. The van der Waals surface area contributed by atoms with E-state index in [0.29, 0.717) is 10.5 Å². The number of hydrogen-bond acceptors (Lipinski definition) is 5. The van der Waals surface area contributed by atoms with Crippen LogP contribution in [0.15, 0.2) is 42.5 Å². The Hall–Kier alpha value is -1.83. The van der Waals surface area contributed by atoms with Gasteiger partial charge in [-0.1, -0.05) is 42.5 Å². The maximum atomic E-state index is 14.0. The van der Waals surface area contributed by atoms with E-state index < -0.39 is 38.1 Å². The van der Waals surface area contributed by atoms with Gasteiger partial charge in [-0.25, -0.2) is 4.79 Å². The second-order valence-electron chi connectivity index (χ2n) is 5.50. The minimum absolute atomic E-state index is 0.224. The molecule has 0 fully saturated rings. The average molecular weight is 393 g/mol. The summed E-state index contributed by atoms with van der Waals surface area (Å²) in [6.45, 7) is -0.665. The Labute approximate surface area is 149 Å². The van der Waals surface area contributed by atoms with Crippen LogP contribution in [0.25, 0.3) is 0 Å². The molecule has 1 aliphatic rings. The van der Waals surface area contributed by atoms with Gasteiger partial charge in [0.05, 0.1) is 0 Å². The highest BCUT2D eigenvalue weighted by atomic mass is 31.2. The Morgan fingerprint density at radius 2 is 1.81 bits per heavy atom. The van der Waals surface area contributed by atoms with E-state index in [9.17, 15) is 22.5 Å². The number of benzene rings is 1. The Kier molecular flexibility index (Phi) is 6.16. The van der Waals surface area contributed by atoms with Crippen LogP contribution in [0.5, 0.6) is 0 Å². The summed E-state index contributed by atoms with van der Waals surface area (Å²) < 4.78 is 69.2. The largest absolute Gasteiger partial charge is 0.445 e. The lowest BCUT2D eigenvalue weighted by Crippen LogP contribution is -2.61. The van der Waals surface area contributed by atoms with Gasteiger partial charge in [-0.3, -0.25) is 9.46 Å². The summed E-state index contributed by atoms with van der Waals surface area (Å²) in [6, 6.07) is 8.49. The highest BCUT2D eigenvalue weighted by Gasteiger charge is 2.72. The molecule has 6 nitrogen and oxygen atoms in total. The third kappa shape index (κ3) is 3.51. The monoisotopic (exact) mass is 393 g/mol. The van der Waals surface area contributed by atoms with Crippen molar-refractivity contribution >= 4 is 13.7 Å². The molecule has 1 amide bonds. The van der Waals surface area contributed by atoms with Crippen LogP contribution in [-0.4, -0.2) is 43.2 Å². The predicted octanol–water partition coefficient (Wildman–Crippen LogP) is 4.33. The first-order valence-electron chi connectivity index (χ1n) is 7.63. The summed E-state index contributed by atoms with van der Waals surface area (Å²) in [5.74, 6) is 0. The Morgan fingerprint density at radius 1 is 1.19 bits per heavy atom. The first-order chi connectivity index (χ1) is 12.2. The number of nitrogens with zero attached hydrogens (tertiary/aromatic N) is 1. The third-order valence-corrected chi connectivity index (χ3v) is 6.66. The Morgan fingerprint density at radius 3 is 2.35 bits per heavy atom. The van der Waals surface area contributed by atoms with Crippen LogP contribution in [0.3, 0.4) is 0 Å². The molecule has 0 spiro atoms.